The first-order chi connectivity index (χ1) is 14.0. The number of thiazole rings is 1. The average Bonchev–Trinajstić information content (AvgIpc) is 3.33. The highest BCUT2D eigenvalue weighted by atomic mass is 32.1. The van der Waals surface area contributed by atoms with E-state index < -0.39 is 0 Å². The van der Waals surface area contributed by atoms with Crippen molar-refractivity contribution >= 4 is 32.6 Å². The number of hydrogen-bond acceptors (Lipinski definition) is 5. The summed E-state index contributed by atoms with van der Waals surface area (Å²) >= 11 is 1.44. The third kappa shape index (κ3) is 4.49. The molecule has 0 aliphatic carbocycles. The molecule has 0 spiro atoms. The number of furan rings is 1. The van der Waals surface area contributed by atoms with Crippen LogP contribution in [0.2, 0.25) is 0 Å². The number of anilines is 1. The van der Waals surface area contributed by atoms with Gasteiger partial charge in [-0.15, -0.1) is 0 Å². The maximum absolute atomic E-state index is 12.5. The van der Waals surface area contributed by atoms with E-state index in [2.05, 4.69) is 42.3 Å². The van der Waals surface area contributed by atoms with E-state index in [0.717, 1.165) is 21.5 Å². The number of benzene rings is 2. The lowest BCUT2D eigenvalue weighted by molar-refractivity contribution is 0.0992. The van der Waals surface area contributed by atoms with Gasteiger partial charge in [0, 0.05) is 0 Å². The van der Waals surface area contributed by atoms with E-state index in [0.29, 0.717) is 16.8 Å². The topological polar surface area (TPSA) is 64.4 Å². The van der Waals surface area contributed by atoms with Gasteiger partial charge < -0.3 is 9.15 Å². The molecule has 0 bridgehead atoms. The van der Waals surface area contributed by atoms with Crippen molar-refractivity contribution in [1.29, 1.82) is 0 Å². The Morgan fingerprint density at radius 2 is 1.93 bits per heavy atom. The molecule has 4 rings (SSSR count). The monoisotopic (exact) mass is 406 g/mol. The maximum Gasteiger partial charge on any atom is 0.293 e. The van der Waals surface area contributed by atoms with E-state index in [1.54, 1.807) is 12.1 Å². The summed E-state index contributed by atoms with van der Waals surface area (Å²) in [5.41, 5.74) is 3.29. The van der Waals surface area contributed by atoms with Crippen molar-refractivity contribution in [2.45, 2.75) is 33.3 Å². The number of amides is 1. The minimum Gasteiger partial charge on any atom is -0.486 e. The Balaban J connectivity index is 1.37. The van der Waals surface area contributed by atoms with Gasteiger partial charge in [-0.2, -0.15) is 0 Å². The number of aryl methyl sites for hydroxylation is 1. The Morgan fingerprint density at radius 3 is 2.69 bits per heavy atom. The Bertz CT molecular complexity index is 1140. The molecular formula is C23H22N2O3S. The van der Waals surface area contributed by atoms with E-state index in [-0.39, 0.29) is 18.3 Å². The summed E-state index contributed by atoms with van der Waals surface area (Å²) in [7, 11) is 0. The molecule has 2 aromatic carbocycles. The molecule has 5 nitrogen and oxygen atoms in total. The van der Waals surface area contributed by atoms with Crippen LogP contribution in [0, 0.1) is 6.92 Å². The minimum atomic E-state index is -0.326. The highest BCUT2D eigenvalue weighted by Crippen LogP contribution is 2.27. The van der Waals surface area contributed by atoms with Crippen molar-refractivity contribution in [1.82, 2.24) is 4.98 Å². The van der Waals surface area contributed by atoms with Crippen molar-refractivity contribution in [3.63, 3.8) is 0 Å². The third-order valence-electron chi connectivity index (χ3n) is 4.58. The Kier molecular flexibility index (Phi) is 5.36. The second-order valence-corrected chi connectivity index (χ2v) is 8.25. The molecule has 1 amide bonds. The lowest BCUT2D eigenvalue weighted by atomic mass is 10.0. The summed E-state index contributed by atoms with van der Waals surface area (Å²) in [6.07, 6.45) is 0. The van der Waals surface area contributed by atoms with Gasteiger partial charge in [0.15, 0.2) is 10.9 Å². The number of nitrogens with one attached hydrogen (secondary N) is 1. The fourth-order valence-corrected chi connectivity index (χ4v) is 3.88. The van der Waals surface area contributed by atoms with Gasteiger partial charge in [-0.3, -0.25) is 10.1 Å². The zero-order chi connectivity index (χ0) is 20.4. The van der Waals surface area contributed by atoms with E-state index >= 15 is 0 Å². The molecule has 0 unspecified atom stereocenters. The smallest absolute Gasteiger partial charge is 0.293 e. The van der Waals surface area contributed by atoms with Gasteiger partial charge in [-0.1, -0.05) is 43.4 Å². The van der Waals surface area contributed by atoms with Crippen molar-refractivity contribution < 1.29 is 13.9 Å². The van der Waals surface area contributed by atoms with Crippen LogP contribution < -0.4 is 10.1 Å². The van der Waals surface area contributed by atoms with E-state index in [9.17, 15) is 4.79 Å². The summed E-state index contributed by atoms with van der Waals surface area (Å²) in [6, 6.07) is 17.4. The van der Waals surface area contributed by atoms with Gasteiger partial charge in [-0.25, -0.2) is 4.98 Å². The minimum absolute atomic E-state index is 0.231. The maximum atomic E-state index is 12.5. The Hall–Kier alpha value is -3.12. The summed E-state index contributed by atoms with van der Waals surface area (Å²) in [5.74, 6) is 1.74. The lowest BCUT2D eigenvalue weighted by Gasteiger charge is -2.07. The third-order valence-corrected chi connectivity index (χ3v) is 5.51. The molecule has 0 saturated carbocycles. The fourth-order valence-electron chi connectivity index (χ4n) is 2.92. The molecule has 4 aromatic rings. The molecule has 1 N–H and O–H groups in total. The van der Waals surface area contributed by atoms with Crippen molar-refractivity contribution in [2.75, 3.05) is 5.32 Å². The first kappa shape index (κ1) is 19.2. The van der Waals surface area contributed by atoms with Crippen LogP contribution in [0.4, 0.5) is 5.13 Å². The zero-order valence-corrected chi connectivity index (χ0v) is 17.4. The summed E-state index contributed by atoms with van der Waals surface area (Å²) in [4.78, 5) is 16.9. The molecule has 0 aliphatic heterocycles. The second-order valence-electron chi connectivity index (χ2n) is 7.22. The van der Waals surface area contributed by atoms with Crippen LogP contribution in [-0.2, 0) is 6.61 Å². The van der Waals surface area contributed by atoms with Crippen molar-refractivity contribution in [3.05, 3.63) is 77.2 Å². The molecule has 2 heterocycles. The van der Waals surface area contributed by atoms with Gasteiger partial charge in [0.2, 0.25) is 0 Å². The van der Waals surface area contributed by atoms with Gasteiger partial charge in [0.05, 0.1) is 10.2 Å². The normalized spacial score (nSPS) is 11.2. The van der Waals surface area contributed by atoms with Crippen LogP contribution in [-0.4, -0.2) is 10.9 Å². The summed E-state index contributed by atoms with van der Waals surface area (Å²) in [6.45, 7) is 6.60. The van der Waals surface area contributed by atoms with E-state index in [1.807, 2.05) is 31.2 Å². The average molecular weight is 407 g/mol. The number of carbonyl (C=O) groups is 1. The molecule has 0 fully saturated rings. The number of fused-ring (bicyclic) bond motifs is 1. The molecule has 0 aliphatic rings. The quantitative estimate of drug-likeness (QED) is 0.417. The molecule has 29 heavy (non-hydrogen) atoms. The highest BCUT2D eigenvalue weighted by Gasteiger charge is 2.14. The number of ether oxygens (including phenoxy) is 1. The first-order valence-electron chi connectivity index (χ1n) is 9.48. The number of hydrogen-bond donors (Lipinski definition) is 1. The first-order valence-corrected chi connectivity index (χ1v) is 10.3. The van der Waals surface area contributed by atoms with Gasteiger partial charge >= 0.3 is 0 Å². The van der Waals surface area contributed by atoms with Crippen molar-refractivity contribution in [3.8, 4) is 5.75 Å². The van der Waals surface area contributed by atoms with Crippen LogP contribution in [0.3, 0.4) is 0 Å². The van der Waals surface area contributed by atoms with Crippen LogP contribution in [0.25, 0.3) is 10.2 Å². The van der Waals surface area contributed by atoms with Crippen LogP contribution in [0.1, 0.15) is 47.2 Å². The van der Waals surface area contributed by atoms with Crippen LogP contribution in [0.15, 0.2) is 59.0 Å². The van der Waals surface area contributed by atoms with Gasteiger partial charge in [0.1, 0.15) is 18.1 Å². The predicted molar refractivity (Wildman–Crippen MR) is 116 cm³/mol. The second kappa shape index (κ2) is 8.09. The van der Waals surface area contributed by atoms with Gasteiger partial charge in [-0.05, 0) is 60.4 Å². The van der Waals surface area contributed by atoms with Crippen LogP contribution in [0.5, 0.6) is 5.75 Å². The SMILES string of the molecule is Cc1ccc2nc(NC(=O)c3ccc(COc4ccc(C(C)C)cc4)o3)sc2c1. The molecule has 0 atom stereocenters. The Morgan fingerprint density at radius 1 is 1.14 bits per heavy atom. The number of nitrogens with zero attached hydrogens (tertiary/aromatic N) is 1. The summed E-state index contributed by atoms with van der Waals surface area (Å²) < 4.78 is 12.4. The lowest BCUT2D eigenvalue weighted by Crippen LogP contribution is -2.10. The number of carbonyl (C=O) groups excluding carboxylic acids is 1. The van der Waals surface area contributed by atoms with E-state index in [4.69, 9.17) is 9.15 Å². The molecule has 0 saturated heterocycles. The summed E-state index contributed by atoms with van der Waals surface area (Å²) in [5, 5.41) is 3.36. The van der Waals surface area contributed by atoms with Crippen LogP contribution >= 0.6 is 11.3 Å². The predicted octanol–water partition coefficient (Wildman–Crippen LogP) is 6.15. The molecule has 0 radical (unpaired) electrons. The van der Waals surface area contributed by atoms with Gasteiger partial charge in [0.25, 0.3) is 5.91 Å². The Labute approximate surface area is 173 Å². The molecule has 6 heteroatoms. The van der Waals surface area contributed by atoms with E-state index in [1.165, 1.54) is 16.9 Å². The standard InChI is InChI=1S/C23H22N2O3S/c1-14(2)16-5-7-17(8-6-16)27-13-18-9-11-20(28-18)22(26)25-23-24-19-10-4-15(3)12-21(19)29-23/h4-12,14H,13H2,1-3H3,(H,24,25,26). The molecule has 2 aromatic heterocycles. The number of aromatic nitrogens is 1. The number of rotatable bonds is 6. The zero-order valence-electron chi connectivity index (χ0n) is 16.6. The molecular weight excluding hydrogens is 384 g/mol. The molecule has 148 valence electrons. The van der Waals surface area contributed by atoms with Crippen molar-refractivity contribution in [2.24, 2.45) is 0 Å². The largest absolute Gasteiger partial charge is 0.486 e. The fraction of sp³-hybridized carbons (Fsp3) is 0.217. The highest BCUT2D eigenvalue weighted by molar-refractivity contribution is 7.22.